The van der Waals surface area contributed by atoms with Crippen LogP contribution >= 0.6 is 0 Å². The number of aromatic nitrogens is 1. The molecule has 0 saturated heterocycles. The molecule has 0 aliphatic heterocycles. The first kappa shape index (κ1) is 10.1. The van der Waals surface area contributed by atoms with Crippen LogP contribution in [-0.2, 0) is 9.59 Å². The summed E-state index contributed by atoms with van der Waals surface area (Å²) in [4.78, 5) is 24.8. The summed E-state index contributed by atoms with van der Waals surface area (Å²) in [6.45, 7) is 1.89. The molecule has 0 atom stereocenters. The first-order valence-electron chi connectivity index (χ1n) is 3.97. The van der Waals surface area contributed by atoms with Crippen molar-refractivity contribution in [3.8, 4) is 0 Å². The van der Waals surface area contributed by atoms with Crippen molar-refractivity contribution in [3.05, 3.63) is 35.7 Å². The van der Waals surface area contributed by atoms with Gasteiger partial charge in [-0.15, -0.1) is 0 Å². The van der Waals surface area contributed by atoms with Crippen LogP contribution in [0.2, 0.25) is 0 Å². The first-order valence-corrected chi connectivity index (χ1v) is 3.97. The average Bonchev–Trinajstić information content (AvgIpc) is 2.16. The zero-order valence-corrected chi connectivity index (χ0v) is 7.60. The fourth-order valence-electron chi connectivity index (χ4n) is 0.810. The second-order valence-corrected chi connectivity index (χ2v) is 2.76. The summed E-state index contributed by atoms with van der Waals surface area (Å²) >= 11 is 0. The zero-order chi connectivity index (χ0) is 10.6. The molecule has 0 aromatic carbocycles. The lowest BCUT2D eigenvalue weighted by molar-refractivity contribution is -0.146. The van der Waals surface area contributed by atoms with Crippen molar-refractivity contribution >= 4 is 17.8 Å². The average molecular weight is 191 g/mol. The molecule has 1 N–H and O–H groups in total. The molecule has 0 unspecified atom stereocenters. The molecule has 1 aromatic rings. The van der Waals surface area contributed by atoms with Gasteiger partial charge in [-0.2, -0.15) is 0 Å². The fraction of sp³-hybridized carbons (Fsp3) is 0.100. The molecule has 4 heteroatoms. The fourth-order valence-corrected chi connectivity index (χ4v) is 0.810. The summed E-state index contributed by atoms with van der Waals surface area (Å²) in [6.07, 6.45) is 4.00. The number of hydrogen-bond acceptors (Lipinski definition) is 3. The highest BCUT2D eigenvalue weighted by atomic mass is 16.4. The van der Waals surface area contributed by atoms with Gasteiger partial charge in [-0.1, -0.05) is 6.07 Å². The molecule has 0 radical (unpaired) electrons. The van der Waals surface area contributed by atoms with E-state index in [0.717, 1.165) is 11.6 Å². The highest BCUT2D eigenvalue weighted by Gasteiger charge is 2.05. The van der Waals surface area contributed by atoms with Crippen LogP contribution in [-0.4, -0.2) is 21.8 Å². The van der Waals surface area contributed by atoms with Gasteiger partial charge in [0.2, 0.25) is 0 Å². The topological polar surface area (TPSA) is 67.3 Å². The lowest BCUT2D eigenvalue weighted by Gasteiger charge is -1.92. The first-order chi connectivity index (χ1) is 6.59. The Kier molecular flexibility index (Phi) is 3.12. The molecule has 0 spiro atoms. The van der Waals surface area contributed by atoms with Crippen LogP contribution in [0.25, 0.3) is 6.08 Å². The molecule has 0 fully saturated rings. The molecule has 0 aliphatic rings. The monoisotopic (exact) mass is 191 g/mol. The predicted molar refractivity (Wildman–Crippen MR) is 50.7 cm³/mol. The summed E-state index contributed by atoms with van der Waals surface area (Å²) in [7, 11) is 0. The maximum Gasteiger partial charge on any atom is 0.376 e. The molecule has 0 aliphatic carbocycles. The molecule has 4 nitrogen and oxygen atoms in total. The van der Waals surface area contributed by atoms with Crippen LogP contribution < -0.4 is 0 Å². The van der Waals surface area contributed by atoms with E-state index in [4.69, 9.17) is 5.11 Å². The summed E-state index contributed by atoms with van der Waals surface area (Å²) in [5, 5.41) is 8.28. The number of nitrogens with zero attached hydrogens (tertiary/aromatic N) is 1. The minimum Gasteiger partial charge on any atom is -0.475 e. The second kappa shape index (κ2) is 4.32. The van der Waals surface area contributed by atoms with Crippen molar-refractivity contribution in [2.24, 2.45) is 0 Å². The molecule has 72 valence electrons. The third-order valence-electron chi connectivity index (χ3n) is 1.55. The SMILES string of the molecule is Cc1ccc(/C=C/C(=O)C(=O)O)nc1. The summed E-state index contributed by atoms with van der Waals surface area (Å²) in [5.74, 6) is -2.42. The van der Waals surface area contributed by atoms with Gasteiger partial charge in [0.1, 0.15) is 0 Å². The van der Waals surface area contributed by atoms with Gasteiger partial charge in [0.15, 0.2) is 0 Å². The van der Waals surface area contributed by atoms with Crippen LogP contribution in [0, 0.1) is 6.92 Å². The van der Waals surface area contributed by atoms with Gasteiger partial charge >= 0.3 is 5.97 Å². The number of carboxylic acid groups (broad SMARTS) is 1. The minimum absolute atomic E-state index is 0.560. The Morgan fingerprint density at radius 1 is 1.43 bits per heavy atom. The van der Waals surface area contributed by atoms with Gasteiger partial charge in [-0.05, 0) is 30.7 Å². The third-order valence-corrected chi connectivity index (χ3v) is 1.55. The molecule has 0 bridgehead atoms. The number of ketones is 1. The van der Waals surface area contributed by atoms with Gasteiger partial charge in [0.25, 0.3) is 5.78 Å². The van der Waals surface area contributed by atoms with Crippen LogP contribution in [0.4, 0.5) is 0 Å². The molecular weight excluding hydrogens is 182 g/mol. The Hall–Kier alpha value is -1.97. The predicted octanol–water partition coefficient (Wildman–Crippen LogP) is 1.06. The van der Waals surface area contributed by atoms with E-state index in [-0.39, 0.29) is 0 Å². The lowest BCUT2D eigenvalue weighted by Crippen LogP contribution is -2.08. The summed E-state index contributed by atoms with van der Waals surface area (Å²) in [5.41, 5.74) is 1.57. The van der Waals surface area contributed by atoms with Gasteiger partial charge in [-0.25, -0.2) is 4.79 Å². The van der Waals surface area contributed by atoms with Crippen molar-refractivity contribution in [1.82, 2.24) is 4.98 Å². The molecule has 1 heterocycles. The third kappa shape index (κ3) is 2.82. The van der Waals surface area contributed by atoms with Crippen LogP contribution in [0.15, 0.2) is 24.4 Å². The molecule has 1 aromatic heterocycles. The van der Waals surface area contributed by atoms with E-state index in [1.165, 1.54) is 6.08 Å². The van der Waals surface area contributed by atoms with Crippen molar-refractivity contribution in [1.29, 1.82) is 0 Å². The van der Waals surface area contributed by atoms with E-state index in [1.807, 2.05) is 13.0 Å². The number of rotatable bonds is 3. The maximum absolute atomic E-state index is 10.7. The number of pyridine rings is 1. The number of aliphatic carboxylic acids is 1. The van der Waals surface area contributed by atoms with Gasteiger partial charge in [-0.3, -0.25) is 9.78 Å². The van der Waals surface area contributed by atoms with Crippen LogP contribution in [0.3, 0.4) is 0 Å². The number of carboxylic acids is 1. The van der Waals surface area contributed by atoms with Gasteiger partial charge < -0.3 is 5.11 Å². The molecule has 0 amide bonds. The molecule has 0 saturated carbocycles. The number of hydrogen-bond donors (Lipinski definition) is 1. The Bertz CT molecular complexity index is 379. The van der Waals surface area contributed by atoms with E-state index < -0.39 is 11.8 Å². The zero-order valence-electron chi connectivity index (χ0n) is 7.60. The van der Waals surface area contributed by atoms with E-state index >= 15 is 0 Å². The van der Waals surface area contributed by atoms with E-state index in [9.17, 15) is 9.59 Å². The Morgan fingerprint density at radius 2 is 2.14 bits per heavy atom. The highest BCUT2D eigenvalue weighted by molar-refractivity contribution is 6.38. The Labute approximate surface area is 80.9 Å². The number of aryl methyl sites for hydroxylation is 1. The molecule has 14 heavy (non-hydrogen) atoms. The van der Waals surface area contributed by atoms with E-state index in [2.05, 4.69) is 4.98 Å². The highest BCUT2D eigenvalue weighted by Crippen LogP contribution is 2.00. The lowest BCUT2D eigenvalue weighted by atomic mass is 10.2. The van der Waals surface area contributed by atoms with Crippen molar-refractivity contribution < 1.29 is 14.7 Å². The van der Waals surface area contributed by atoms with Crippen molar-refractivity contribution in [2.45, 2.75) is 6.92 Å². The normalized spacial score (nSPS) is 10.4. The standard InChI is InChI=1S/C10H9NO3/c1-7-2-3-8(11-6-7)4-5-9(12)10(13)14/h2-6H,1H3,(H,13,14)/b5-4+. The van der Waals surface area contributed by atoms with E-state index in [0.29, 0.717) is 5.69 Å². The summed E-state index contributed by atoms with van der Waals surface area (Å²) in [6, 6.07) is 3.54. The number of carbonyl (C=O) groups is 2. The second-order valence-electron chi connectivity index (χ2n) is 2.76. The minimum atomic E-state index is -1.46. The smallest absolute Gasteiger partial charge is 0.376 e. The quantitative estimate of drug-likeness (QED) is 0.573. The van der Waals surface area contributed by atoms with Crippen LogP contribution in [0.1, 0.15) is 11.3 Å². The summed E-state index contributed by atoms with van der Waals surface area (Å²) < 4.78 is 0. The largest absolute Gasteiger partial charge is 0.475 e. The van der Waals surface area contributed by atoms with Crippen molar-refractivity contribution in [2.75, 3.05) is 0 Å². The number of carbonyl (C=O) groups excluding carboxylic acids is 1. The van der Waals surface area contributed by atoms with Gasteiger partial charge in [0.05, 0.1) is 5.69 Å². The maximum atomic E-state index is 10.7. The van der Waals surface area contributed by atoms with Crippen molar-refractivity contribution in [3.63, 3.8) is 0 Å². The Balaban J connectivity index is 2.74. The molecule has 1 rings (SSSR count). The van der Waals surface area contributed by atoms with Crippen LogP contribution in [0.5, 0.6) is 0 Å². The molecular formula is C10H9NO3. The Morgan fingerprint density at radius 3 is 2.64 bits per heavy atom. The van der Waals surface area contributed by atoms with E-state index in [1.54, 1.807) is 12.3 Å². The van der Waals surface area contributed by atoms with Gasteiger partial charge in [0, 0.05) is 6.20 Å².